The number of carbonyl (C=O) groups is 1. The Morgan fingerprint density at radius 3 is 2.55 bits per heavy atom. The van der Waals surface area contributed by atoms with Crippen molar-refractivity contribution in [3.05, 3.63) is 23.8 Å². The molecule has 1 aromatic carbocycles. The van der Waals surface area contributed by atoms with Gasteiger partial charge in [-0.25, -0.2) is 0 Å². The first-order valence-corrected chi connectivity index (χ1v) is 6.14. The molecule has 0 spiro atoms. The molecule has 5 nitrogen and oxygen atoms in total. The van der Waals surface area contributed by atoms with Crippen LogP contribution in [0, 0.1) is 5.41 Å². The summed E-state index contributed by atoms with van der Waals surface area (Å²) < 4.78 is 10.0. The predicted octanol–water partition coefficient (Wildman–Crippen LogP) is 2.41. The van der Waals surface area contributed by atoms with Gasteiger partial charge in [-0.05, 0) is 26.8 Å². The van der Waals surface area contributed by atoms with Gasteiger partial charge in [-0.1, -0.05) is 12.1 Å². The van der Waals surface area contributed by atoms with Gasteiger partial charge >= 0.3 is 5.97 Å². The van der Waals surface area contributed by atoms with Gasteiger partial charge in [0.05, 0.1) is 19.1 Å². The molecule has 1 atom stereocenters. The van der Waals surface area contributed by atoms with Crippen molar-refractivity contribution in [2.45, 2.75) is 26.8 Å². The average Bonchev–Trinajstić information content (AvgIpc) is 2.39. The van der Waals surface area contributed by atoms with Crippen LogP contribution in [0.5, 0.6) is 11.5 Å². The number of aromatic hydroxyl groups is 1. The van der Waals surface area contributed by atoms with Gasteiger partial charge in [0.15, 0.2) is 11.5 Å². The van der Waals surface area contributed by atoms with E-state index < -0.39 is 17.4 Å². The number of phenols is 1. The lowest BCUT2D eigenvalue weighted by molar-refractivity contribution is -0.152. The summed E-state index contributed by atoms with van der Waals surface area (Å²) >= 11 is 0. The Morgan fingerprint density at radius 2 is 2.05 bits per heavy atom. The fourth-order valence-corrected chi connectivity index (χ4v) is 1.84. The number of benzene rings is 1. The predicted molar refractivity (Wildman–Crippen MR) is 79.2 cm³/mol. The highest BCUT2D eigenvalue weighted by atomic mass is 35.5. The topological polar surface area (TPSA) is 81.8 Å². The van der Waals surface area contributed by atoms with Crippen molar-refractivity contribution >= 4 is 18.4 Å². The number of phenolic OH excluding ortho intramolecular Hbond substituents is 1. The van der Waals surface area contributed by atoms with E-state index >= 15 is 0 Å². The molecule has 0 aliphatic carbocycles. The SMILES string of the molecule is CCOc1cccc([C@@H](N)C(C)(C)C(=O)OC)c1O.Cl. The number of halogens is 1. The van der Waals surface area contributed by atoms with Crippen molar-refractivity contribution in [3.8, 4) is 11.5 Å². The average molecular weight is 304 g/mol. The molecule has 20 heavy (non-hydrogen) atoms. The number of ether oxygens (including phenoxy) is 2. The third-order valence-electron chi connectivity index (χ3n) is 3.15. The van der Waals surface area contributed by atoms with E-state index in [1.54, 1.807) is 32.0 Å². The second-order valence-corrected chi connectivity index (χ2v) is 4.82. The molecule has 0 saturated heterocycles. The second-order valence-electron chi connectivity index (χ2n) is 4.82. The standard InChI is InChI=1S/C14H21NO4.ClH/c1-5-19-10-8-6-7-9(11(10)16)12(15)14(2,3)13(17)18-4;/h6-8,12,16H,5,15H2,1-4H3;1H/t12-;/m1./s1. The van der Waals surface area contributed by atoms with E-state index in [9.17, 15) is 9.90 Å². The molecule has 0 amide bonds. The van der Waals surface area contributed by atoms with Crippen LogP contribution in [-0.4, -0.2) is 24.8 Å². The molecular formula is C14H22ClNO4. The normalized spacial score (nSPS) is 12.2. The third kappa shape index (κ3) is 3.55. The Labute approximate surface area is 125 Å². The maximum Gasteiger partial charge on any atom is 0.313 e. The van der Waals surface area contributed by atoms with Crippen LogP contribution in [0.2, 0.25) is 0 Å². The number of rotatable bonds is 5. The largest absolute Gasteiger partial charge is 0.504 e. The molecule has 6 heteroatoms. The Kier molecular flexibility index (Phi) is 6.82. The van der Waals surface area contributed by atoms with Crippen molar-refractivity contribution in [3.63, 3.8) is 0 Å². The van der Waals surface area contributed by atoms with Gasteiger partial charge in [0.1, 0.15) is 0 Å². The molecular weight excluding hydrogens is 282 g/mol. The molecule has 0 aromatic heterocycles. The van der Waals surface area contributed by atoms with E-state index in [2.05, 4.69) is 0 Å². The number of nitrogens with two attached hydrogens (primary N) is 1. The maximum atomic E-state index is 11.8. The highest BCUT2D eigenvalue weighted by Crippen LogP contribution is 2.40. The van der Waals surface area contributed by atoms with Gasteiger partial charge in [-0.2, -0.15) is 0 Å². The molecule has 0 radical (unpaired) electrons. The zero-order valence-corrected chi connectivity index (χ0v) is 13.0. The number of methoxy groups -OCH3 is 1. The van der Waals surface area contributed by atoms with Crippen molar-refractivity contribution in [1.82, 2.24) is 0 Å². The second kappa shape index (κ2) is 7.36. The van der Waals surface area contributed by atoms with Crippen LogP contribution in [0.25, 0.3) is 0 Å². The molecule has 0 heterocycles. The van der Waals surface area contributed by atoms with Crippen LogP contribution in [0.15, 0.2) is 18.2 Å². The third-order valence-corrected chi connectivity index (χ3v) is 3.15. The molecule has 0 unspecified atom stereocenters. The molecule has 1 aromatic rings. The molecule has 0 fully saturated rings. The van der Waals surface area contributed by atoms with E-state index in [0.717, 1.165) is 0 Å². The zero-order chi connectivity index (χ0) is 14.6. The highest BCUT2D eigenvalue weighted by molar-refractivity contribution is 5.85. The smallest absolute Gasteiger partial charge is 0.313 e. The van der Waals surface area contributed by atoms with Gasteiger partial charge < -0.3 is 20.3 Å². The minimum Gasteiger partial charge on any atom is -0.504 e. The lowest BCUT2D eigenvalue weighted by Crippen LogP contribution is -2.37. The van der Waals surface area contributed by atoms with Crippen molar-refractivity contribution < 1.29 is 19.4 Å². The van der Waals surface area contributed by atoms with Crippen LogP contribution >= 0.6 is 12.4 Å². The van der Waals surface area contributed by atoms with Gasteiger partial charge in [0, 0.05) is 11.6 Å². The molecule has 0 aliphatic rings. The van der Waals surface area contributed by atoms with E-state index in [1.165, 1.54) is 7.11 Å². The Morgan fingerprint density at radius 1 is 1.45 bits per heavy atom. The monoisotopic (exact) mass is 303 g/mol. The maximum absolute atomic E-state index is 11.8. The Hall–Kier alpha value is -1.46. The van der Waals surface area contributed by atoms with Gasteiger partial charge in [0.2, 0.25) is 0 Å². The molecule has 0 saturated carbocycles. The first-order valence-electron chi connectivity index (χ1n) is 6.14. The van der Waals surface area contributed by atoms with Crippen molar-refractivity contribution in [1.29, 1.82) is 0 Å². The zero-order valence-electron chi connectivity index (χ0n) is 12.2. The molecule has 114 valence electrons. The summed E-state index contributed by atoms with van der Waals surface area (Å²) in [5, 5.41) is 10.2. The van der Waals surface area contributed by atoms with Crippen LogP contribution in [0.1, 0.15) is 32.4 Å². The summed E-state index contributed by atoms with van der Waals surface area (Å²) in [6.07, 6.45) is 0. The fourth-order valence-electron chi connectivity index (χ4n) is 1.84. The lowest BCUT2D eigenvalue weighted by Gasteiger charge is -2.29. The summed E-state index contributed by atoms with van der Waals surface area (Å²) in [6.45, 7) is 5.61. The number of carbonyl (C=O) groups excluding carboxylic acids is 1. The van der Waals surface area contributed by atoms with Gasteiger partial charge in [-0.15, -0.1) is 12.4 Å². The fraction of sp³-hybridized carbons (Fsp3) is 0.500. The summed E-state index contributed by atoms with van der Waals surface area (Å²) in [4.78, 5) is 11.8. The molecule has 3 N–H and O–H groups in total. The Bertz CT molecular complexity index is 462. The minimum atomic E-state index is -0.947. The van der Waals surface area contributed by atoms with Crippen LogP contribution in [-0.2, 0) is 9.53 Å². The van der Waals surface area contributed by atoms with Crippen LogP contribution in [0.3, 0.4) is 0 Å². The van der Waals surface area contributed by atoms with Crippen molar-refractivity contribution in [2.24, 2.45) is 11.1 Å². The van der Waals surface area contributed by atoms with Crippen molar-refractivity contribution in [2.75, 3.05) is 13.7 Å². The number of esters is 1. The van der Waals surface area contributed by atoms with Crippen LogP contribution in [0.4, 0.5) is 0 Å². The van der Waals surface area contributed by atoms with E-state index in [1.807, 2.05) is 6.92 Å². The summed E-state index contributed by atoms with van der Waals surface area (Å²) in [7, 11) is 1.31. The van der Waals surface area contributed by atoms with Crippen LogP contribution < -0.4 is 10.5 Å². The van der Waals surface area contributed by atoms with Gasteiger partial charge in [-0.3, -0.25) is 4.79 Å². The quantitative estimate of drug-likeness (QED) is 0.816. The Balaban J connectivity index is 0.00000361. The molecule has 0 bridgehead atoms. The first kappa shape index (κ1) is 18.5. The summed E-state index contributed by atoms with van der Waals surface area (Å²) in [5.41, 5.74) is 5.61. The van der Waals surface area contributed by atoms with E-state index in [0.29, 0.717) is 17.9 Å². The van der Waals surface area contributed by atoms with E-state index in [-0.39, 0.29) is 18.2 Å². The van der Waals surface area contributed by atoms with E-state index in [4.69, 9.17) is 15.2 Å². The summed E-state index contributed by atoms with van der Waals surface area (Å²) in [5.74, 6) is -0.105. The number of para-hydroxylation sites is 1. The summed E-state index contributed by atoms with van der Waals surface area (Å²) in [6, 6.07) is 4.36. The molecule has 0 aliphatic heterocycles. The molecule has 1 rings (SSSR count). The lowest BCUT2D eigenvalue weighted by atomic mass is 9.80. The number of hydrogen-bond acceptors (Lipinski definition) is 5. The highest BCUT2D eigenvalue weighted by Gasteiger charge is 2.38. The minimum absolute atomic E-state index is 0. The number of hydrogen-bond donors (Lipinski definition) is 2. The first-order chi connectivity index (χ1) is 8.86. The van der Waals surface area contributed by atoms with Gasteiger partial charge in [0.25, 0.3) is 0 Å².